The Kier molecular flexibility index (Phi) is 4.93. The van der Waals surface area contributed by atoms with Crippen molar-refractivity contribution in [3.63, 3.8) is 0 Å². The van der Waals surface area contributed by atoms with Crippen LogP contribution in [-0.2, 0) is 4.79 Å². The number of amides is 1. The summed E-state index contributed by atoms with van der Waals surface area (Å²) in [6.07, 6.45) is 2.94. The van der Waals surface area contributed by atoms with Crippen molar-refractivity contribution < 1.29 is 9.21 Å². The Hall–Kier alpha value is -2.63. The molecule has 2 aromatic carbocycles. The Balaban J connectivity index is 1.68. The molecule has 0 fully saturated rings. The first kappa shape index (κ1) is 16.2. The number of hydrogen-bond acceptors (Lipinski definition) is 4. The van der Waals surface area contributed by atoms with Gasteiger partial charge in [0.1, 0.15) is 0 Å². The van der Waals surface area contributed by atoms with Crippen molar-refractivity contribution in [2.45, 2.75) is 0 Å². The maximum absolute atomic E-state index is 11.9. The molecule has 5 nitrogen and oxygen atoms in total. The molecule has 0 saturated carbocycles. The second-order valence-corrected chi connectivity index (χ2v) is 5.61. The number of hydrogen-bond donors (Lipinski definition) is 1. The van der Waals surface area contributed by atoms with Gasteiger partial charge in [-0.25, -0.2) is 0 Å². The van der Waals surface area contributed by atoms with Gasteiger partial charge in [0.15, 0.2) is 0 Å². The van der Waals surface area contributed by atoms with Crippen molar-refractivity contribution >= 4 is 41.2 Å². The number of halogens is 2. The van der Waals surface area contributed by atoms with E-state index in [-0.39, 0.29) is 11.9 Å². The standard InChI is InChI=1S/C17H11Cl2N3O2/c18-13-6-3-5-12(10-13)16-21-22-17(24-16)20-15(23)9-8-11-4-1-2-7-14(11)19/h1-10H,(H,20,22,23)/b9-8+. The van der Waals surface area contributed by atoms with Crippen LogP contribution >= 0.6 is 23.2 Å². The lowest BCUT2D eigenvalue weighted by molar-refractivity contribution is -0.112. The predicted molar refractivity (Wildman–Crippen MR) is 93.9 cm³/mol. The maximum atomic E-state index is 11.9. The topological polar surface area (TPSA) is 68.0 Å². The van der Waals surface area contributed by atoms with Gasteiger partial charge in [0.2, 0.25) is 5.89 Å². The highest BCUT2D eigenvalue weighted by Crippen LogP contribution is 2.22. The van der Waals surface area contributed by atoms with Gasteiger partial charge < -0.3 is 4.42 Å². The first-order chi connectivity index (χ1) is 11.6. The van der Waals surface area contributed by atoms with Crippen molar-refractivity contribution in [3.8, 4) is 11.5 Å². The SMILES string of the molecule is O=C(/C=C/c1ccccc1Cl)Nc1nnc(-c2cccc(Cl)c2)o1. The van der Waals surface area contributed by atoms with E-state index in [1.165, 1.54) is 6.08 Å². The fraction of sp³-hybridized carbons (Fsp3) is 0. The van der Waals surface area contributed by atoms with Crippen LogP contribution in [0.25, 0.3) is 17.5 Å². The molecule has 1 amide bonds. The molecule has 0 aliphatic rings. The molecule has 1 aromatic heterocycles. The average Bonchev–Trinajstić information content (AvgIpc) is 3.02. The maximum Gasteiger partial charge on any atom is 0.322 e. The van der Waals surface area contributed by atoms with E-state index in [1.54, 1.807) is 42.5 Å². The lowest BCUT2D eigenvalue weighted by Gasteiger charge is -1.97. The predicted octanol–water partition coefficient (Wildman–Crippen LogP) is 4.70. The Morgan fingerprint density at radius 2 is 1.92 bits per heavy atom. The zero-order valence-electron chi connectivity index (χ0n) is 12.2. The molecule has 3 rings (SSSR count). The van der Waals surface area contributed by atoms with Crippen LogP contribution in [0, 0.1) is 0 Å². The van der Waals surface area contributed by atoms with Gasteiger partial charge in [0.25, 0.3) is 5.91 Å². The van der Waals surface area contributed by atoms with Gasteiger partial charge in [-0.1, -0.05) is 52.6 Å². The van der Waals surface area contributed by atoms with Crippen molar-refractivity contribution in [1.29, 1.82) is 0 Å². The van der Waals surface area contributed by atoms with Gasteiger partial charge in [-0.2, -0.15) is 0 Å². The molecular weight excluding hydrogens is 349 g/mol. The van der Waals surface area contributed by atoms with Gasteiger partial charge in [0.05, 0.1) is 0 Å². The van der Waals surface area contributed by atoms with E-state index in [0.29, 0.717) is 15.6 Å². The Morgan fingerprint density at radius 1 is 1.08 bits per heavy atom. The van der Waals surface area contributed by atoms with E-state index in [1.807, 2.05) is 12.1 Å². The largest absolute Gasteiger partial charge is 0.403 e. The summed E-state index contributed by atoms with van der Waals surface area (Å²) >= 11 is 11.9. The normalized spacial score (nSPS) is 10.9. The van der Waals surface area contributed by atoms with Crippen LogP contribution in [0.2, 0.25) is 10.0 Å². The van der Waals surface area contributed by atoms with Gasteiger partial charge >= 0.3 is 6.01 Å². The number of rotatable bonds is 4. The molecular formula is C17H11Cl2N3O2. The van der Waals surface area contributed by atoms with Crippen LogP contribution in [0.5, 0.6) is 0 Å². The first-order valence-electron chi connectivity index (χ1n) is 6.95. The summed E-state index contributed by atoms with van der Waals surface area (Å²) in [6.45, 7) is 0. The van der Waals surface area contributed by atoms with Crippen LogP contribution in [-0.4, -0.2) is 16.1 Å². The van der Waals surface area contributed by atoms with Crippen LogP contribution in [0.1, 0.15) is 5.56 Å². The molecule has 0 unspecified atom stereocenters. The summed E-state index contributed by atoms with van der Waals surface area (Å²) in [6, 6.07) is 14.2. The number of carbonyl (C=O) groups is 1. The Bertz CT molecular complexity index is 906. The molecule has 0 aliphatic carbocycles. The van der Waals surface area contributed by atoms with E-state index in [9.17, 15) is 4.79 Å². The van der Waals surface area contributed by atoms with E-state index in [4.69, 9.17) is 27.6 Å². The molecule has 0 spiro atoms. The second-order valence-electron chi connectivity index (χ2n) is 4.77. The van der Waals surface area contributed by atoms with E-state index >= 15 is 0 Å². The van der Waals surface area contributed by atoms with Crippen LogP contribution in [0.15, 0.2) is 59.0 Å². The minimum atomic E-state index is -0.406. The van der Waals surface area contributed by atoms with Crippen molar-refractivity contribution in [3.05, 3.63) is 70.2 Å². The number of benzene rings is 2. The molecule has 7 heteroatoms. The molecule has 0 radical (unpaired) electrons. The number of carbonyl (C=O) groups excluding carboxylic acids is 1. The smallest absolute Gasteiger partial charge is 0.322 e. The summed E-state index contributed by atoms with van der Waals surface area (Å²) in [4.78, 5) is 11.9. The molecule has 0 saturated heterocycles. The first-order valence-corrected chi connectivity index (χ1v) is 7.70. The molecule has 24 heavy (non-hydrogen) atoms. The van der Waals surface area contributed by atoms with Crippen molar-refractivity contribution in [2.24, 2.45) is 0 Å². The van der Waals surface area contributed by atoms with Gasteiger partial charge in [-0.15, -0.1) is 5.10 Å². The summed E-state index contributed by atoms with van der Waals surface area (Å²) in [5, 5.41) is 11.3. The fourth-order valence-corrected chi connectivity index (χ4v) is 2.32. The van der Waals surface area contributed by atoms with E-state index < -0.39 is 5.91 Å². The van der Waals surface area contributed by atoms with Crippen LogP contribution in [0.4, 0.5) is 6.01 Å². The van der Waals surface area contributed by atoms with Gasteiger partial charge in [-0.3, -0.25) is 10.1 Å². The molecule has 3 aromatic rings. The molecule has 1 N–H and O–H groups in total. The lowest BCUT2D eigenvalue weighted by atomic mass is 10.2. The third-order valence-electron chi connectivity index (χ3n) is 3.05. The van der Waals surface area contributed by atoms with Gasteiger partial charge in [0, 0.05) is 21.7 Å². The monoisotopic (exact) mass is 359 g/mol. The quantitative estimate of drug-likeness (QED) is 0.685. The second kappa shape index (κ2) is 7.29. The molecule has 0 bridgehead atoms. The number of aromatic nitrogens is 2. The van der Waals surface area contributed by atoms with E-state index in [0.717, 1.165) is 5.56 Å². The number of anilines is 1. The van der Waals surface area contributed by atoms with Crippen molar-refractivity contribution in [1.82, 2.24) is 10.2 Å². The fourth-order valence-electron chi connectivity index (χ4n) is 1.93. The zero-order valence-corrected chi connectivity index (χ0v) is 13.8. The molecule has 1 heterocycles. The highest BCUT2D eigenvalue weighted by atomic mass is 35.5. The van der Waals surface area contributed by atoms with Crippen LogP contribution < -0.4 is 5.32 Å². The Labute approximate surface area is 147 Å². The summed E-state index contributed by atoms with van der Waals surface area (Å²) in [5.41, 5.74) is 1.40. The molecule has 0 atom stereocenters. The summed E-state index contributed by atoms with van der Waals surface area (Å²) < 4.78 is 5.40. The third kappa shape index (κ3) is 4.01. The lowest BCUT2D eigenvalue weighted by Crippen LogP contribution is -2.07. The number of nitrogens with one attached hydrogen (secondary N) is 1. The highest BCUT2D eigenvalue weighted by molar-refractivity contribution is 6.32. The van der Waals surface area contributed by atoms with Crippen molar-refractivity contribution in [2.75, 3.05) is 5.32 Å². The third-order valence-corrected chi connectivity index (χ3v) is 3.63. The minimum absolute atomic E-state index is 0.00113. The zero-order chi connectivity index (χ0) is 16.9. The highest BCUT2D eigenvalue weighted by Gasteiger charge is 2.10. The molecule has 120 valence electrons. The van der Waals surface area contributed by atoms with Gasteiger partial charge in [-0.05, 0) is 35.9 Å². The number of nitrogens with zero attached hydrogens (tertiary/aromatic N) is 2. The summed E-state index contributed by atoms with van der Waals surface area (Å²) in [5.74, 6) is -0.140. The molecule has 0 aliphatic heterocycles. The van der Waals surface area contributed by atoms with Crippen LogP contribution in [0.3, 0.4) is 0 Å². The minimum Gasteiger partial charge on any atom is -0.403 e. The summed E-state index contributed by atoms with van der Waals surface area (Å²) in [7, 11) is 0. The van der Waals surface area contributed by atoms with E-state index in [2.05, 4.69) is 15.5 Å². The average molecular weight is 360 g/mol. The Morgan fingerprint density at radius 3 is 2.71 bits per heavy atom.